The van der Waals surface area contributed by atoms with Gasteiger partial charge in [-0.1, -0.05) is 18.2 Å². The van der Waals surface area contributed by atoms with Crippen molar-refractivity contribution in [3.63, 3.8) is 0 Å². The number of nitro groups is 1. The van der Waals surface area contributed by atoms with Gasteiger partial charge in [0.05, 0.1) is 10.6 Å². The number of para-hydroxylation sites is 1. The van der Waals surface area contributed by atoms with E-state index in [0.29, 0.717) is 6.42 Å². The van der Waals surface area contributed by atoms with E-state index < -0.39 is 0 Å². The van der Waals surface area contributed by atoms with Crippen LogP contribution in [-0.4, -0.2) is 17.0 Å². The Morgan fingerprint density at radius 3 is 2.78 bits per heavy atom. The SMILES string of the molecule is CNc1nc(C)c(Cc2ccccc2[N+](=O)[O-])s1. The summed E-state index contributed by atoms with van der Waals surface area (Å²) < 4.78 is 0. The third-order valence-electron chi connectivity index (χ3n) is 2.65. The fraction of sp³-hybridized carbons (Fsp3) is 0.250. The summed E-state index contributed by atoms with van der Waals surface area (Å²) in [7, 11) is 1.81. The fourth-order valence-electron chi connectivity index (χ4n) is 1.71. The number of thiazole rings is 1. The van der Waals surface area contributed by atoms with Gasteiger partial charge < -0.3 is 5.32 Å². The van der Waals surface area contributed by atoms with Crippen molar-refractivity contribution >= 4 is 22.2 Å². The zero-order valence-corrected chi connectivity index (χ0v) is 11.0. The number of benzene rings is 1. The molecule has 2 rings (SSSR count). The molecule has 0 aliphatic rings. The number of aromatic nitrogens is 1. The maximum absolute atomic E-state index is 10.9. The molecule has 5 nitrogen and oxygen atoms in total. The van der Waals surface area contributed by atoms with Crippen molar-refractivity contribution in [3.8, 4) is 0 Å². The second kappa shape index (κ2) is 5.14. The van der Waals surface area contributed by atoms with E-state index in [2.05, 4.69) is 10.3 Å². The van der Waals surface area contributed by atoms with Crippen molar-refractivity contribution in [2.45, 2.75) is 13.3 Å². The minimum atomic E-state index is -0.343. The van der Waals surface area contributed by atoms with Gasteiger partial charge in [-0.25, -0.2) is 4.98 Å². The van der Waals surface area contributed by atoms with Gasteiger partial charge >= 0.3 is 0 Å². The molecule has 0 saturated heterocycles. The quantitative estimate of drug-likeness (QED) is 0.680. The Kier molecular flexibility index (Phi) is 3.57. The van der Waals surface area contributed by atoms with Gasteiger partial charge in [0.2, 0.25) is 0 Å². The molecule has 0 fully saturated rings. The van der Waals surface area contributed by atoms with Crippen LogP contribution in [0.4, 0.5) is 10.8 Å². The standard InChI is InChI=1S/C12H13N3O2S/c1-8-11(18-12(13-2)14-8)7-9-5-3-4-6-10(9)15(16)17/h3-6H,7H2,1-2H3,(H,13,14). The maximum Gasteiger partial charge on any atom is 0.272 e. The zero-order valence-electron chi connectivity index (χ0n) is 10.1. The van der Waals surface area contributed by atoms with Crippen LogP contribution in [0.25, 0.3) is 0 Å². The van der Waals surface area contributed by atoms with E-state index in [9.17, 15) is 10.1 Å². The number of hydrogen-bond donors (Lipinski definition) is 1. The smallest absolute Gasteiger partial charge is 0.272 e. The summed E-state index contributed by atoms with van der Waals surface area (Å²) in [5.41, 5.74) is 1.80. The van der Waals surface area contributed by atoms with Crippen molar-refractivity contribution < 1.29 is 4.92 Å². The lowest BCUT2D eigenvalue weighted by Gasteiger charge is -2.01. The van der Waals surface area contributed by atoms with Crippen molar-refractivity contribution in [1.29, 1.82) is 0 Å². The van der Waals surface area contributed by atoms with E-state index >= 15 is 0 Å². The van der Waals surface area contributed by atoms with Crippen molar-refractivity contribution in [3.05, 3.63) is 50.5 Å². The maximum atomic E-state index is 10.9. The van der Waals surface area contributed by atoms with Crippen LogP contribution in [0.15, 0.2) is 24.3 Å². The Morgan fingerprint density at radius 1 is 1.44 bits per heavy atom. The molecule has 0 bridgehead atoms. The molecular weight excluding hydrogens is 250 g/mol. The average Bonchev–Trinajstić information content (AvgIpc) is 2.71. The Hall–Kier alpha value is -1.95. The van der Waals surface area contributed by atoms with Gasteiger partial charge in [0.15, 0.2) is 5.13 Å². The van der Waals surface area contributed by atoms with Gasteiger partial charge in [-0.3, -0.25) is 10.1 Å². The molecule has 0 radical (unpaired) electrons. The number of nitro benzene ring substituents is 1. The third kappa shape index (κ3) is 2.48. The minimum Gasteiger partial charge on any atom is -0.365 e. The molecular formula is C12H13N3O2S. The lowest BCUT2D eigenvalue weighted by molar-refractivity contribution is -0.385. The molecule has 0 unspecified atom stereocenters. The van der Waals surface area contributed by atoms with Crippen LogP contribution in [0.1, 0.15) is 16.1 Å². The Morgan fingerprint density at radius 2 is 2.17 bits per heavy atom. The second-order valence-electron chi connectivity index (χ2n) is 3.84. The molecule has 0 spiro atoms. The van der Waals surface area contributed by atoms with Gasteiger partial charge in [0, 0.05) is 30.0 Å². The van der Waals surface area contributed by atoms with E-state index in [-0.39, 0.29) is 10.6 Å². The summed E-state index contributed by atoms with van der Waals surface area (Å²) in [6, 6.07) is 6.82. The summed E-state index contributed by atoms with van der Waals surface area (Å²) in [5, 5.41) is 14.8. The van der Waals surface area contributed by atoms with Crippen molar-refractivity contribution in [2.75, 3.05) is 12.4 Å². The first-order valence-corrected chi connectivity index (χ1v) is 6.30. The molecule has 0 saturated carbocycles. The van der Waals surface area contributed by atoms with Gasteiger partial charge in [-0.2, -0.15) is 0 Å². The molecule has 0 aliphatic carbocycles. The molecule has 1 aromatic heterocycles. The van der Waals surface area contributed by atoms with Gasteiger partial charge in [-0.15, -0.1) is 11.3 Å². The zero-order chi connectivity index (χ0) is 13.1. The van der Waals surface area contributed by atoms with Crippen LogP contribution >= 0.6 is 11.3 Å². The number of nitrogens with one attached hydrogen (secondary N) is 1. The van der Waals surface area contributed by atoms with Crippen LogP contribution in [-0.2, 0) is 6.42 Å². The highest BCUT2D eigenvalue weighted by Gasteiger charge is 2.15. The van der Waals surface area contributed by atoms with Crippen LogP contribution in [0, 0.1) is 17.0 Å². The molecule has 0 aliphatic heterocycles. The van der Waals surface area contributed by atoms with Crippen LogP contribution in [0.2, 0.25) is 0 Å². The molecule has 1 aromatic carbocycles. The molecule has 0 amide bonds. The van der Waals surface area contributed by atoms with E-state index in [1.807, 2.05) is 20.0 Å². The summed E-state index contributed by atoms with van der Waals surface area (Å²) in [6.07, 6.45) is 0.544. The van der Waals surface area contributed by atoms with Crippen LogP contribution in [0.3, 0.4) is 0 Å². The molecule has 6 heteroatoms. The van der Waals surface area contributed by atoms with Gasteiger partial charge in [0.1, 0.15) is 0 Å². The van der Waals surface area contributed by atoms with Crippen molar-refractivity contribution in [1.82, 2.24) is 4.98 Å². The second-order valence-corrected chi connectivity index (χ2v) is 4.92. The summed E-state index contributed by atoms with van der Waals surface area (Å²) in [5.74, 6) is 0. The highest BCUT2D eigenvalue weighted by atomic mass is 32.1. The highest BCUT2D eigenvalue weighted by Crippen LogP contribution is 2.28. The van der Waals surface area contributed by atoms with E-state index in [1.165, 1.54) is 17.4 Å². The number of nitrogens with zero attached hydrogens (tertiary/aromatic N) is 2. The summed E-state index contributed by atoms with van der Waals surface area (Å²) in [4.78, 5) is 16.0. The van der Waals surface area contributed by atoms with Gasteiger partial charge in [0.25, 0.3) is 5.69 Å². The van der Waals surface area contributed by atoms with Crippen LogP contribution < -0.4 is 5.32 Å². The van der Waals surface area contributed by atoms with E-state index in [0.717, 1.165) is 21.3 Å². The molecule has 94 valence electrons. The number of rotatable bonds is 4. The average molecular weight is 263 g/mol. The topological polar surface area (TPSA) is 68.1 Å². The Balaban J connectivity index is 2.33. The van der Waals surface area contributed by atoms with E-state index in [1.54, 1.807) is 12.1 Å². The number of aryl methyl sites for hydroxylation is 1. The lowest BCUT2D eigenvalue weighted by Crippen LogP contribution is -1.96. The Labute approximate surface area is 109 Å². The molecule has 1 heterocycles. The first-order chi connectivity index (χ1) is 8.61. The minimum absolute atomic E-state index is 0.163. The highest BCUT2D eigenvalue weighted by molar-refractivity contribution is 7.15. The molecule has 2 aromatic rings. The normalized spacial score (nSPS) is 10.3. The van der Waals surface area contributed by atoms with E-state index in [4.69, 9.17) is 0 Å². The first kappa shape index (κ1) is 12.5. The largest absolute Gasteiger partial charge is 0.365 e. The van der Waals surface area contributed by atoms with Gasteiger partial charge in [-0.05, 0) is 6.92 Å². The Bertz CT molecular complexity index is 580. The molecule has 18 heavy (non-hydrogen) atoms. The van der Waals surface area contributed by atoms with Crippen LogP contribution in [0.5, 0.6) is 0 Å². The van der Waals surface area contributed by atoms with Crippen molar-refractivity contribution in [2.24, 2.45) is 0 Å². The predicted octanol–water partition coefficient (Wildman–Crippen LogP) is 2.99. The number of anilines is 1. The molecule has 0 atom stereocenters. The molecule has 1 N–H and O–H groups in total. The lowest BCUT2D eigenvalue weighted by atomic mass is 10.1. The summed E-state index contributed by atoms with van der Waals surface area (Å²) in [6.45, 7) is 1.92. The predicted molar refractivity (Wildman–Crippen MR) is 72.3 cm³/mol. The summed E-state index contributed by atoms with van der Waals surface area (Å²) >= 11 is 1.53. The third-order valence-corrected chi connectivity index (χ3v) is 3.82. The first-order valence-electron chi connectivity index (χ1n) is 5.48. The number of hydrogen-bond acceptors (Lipinski definition) is 5. The monoisotopic (exact) mass is 263 g/mol. The fourth-order valence-corrected chi connectivity index (χ4v) is 2.65.